The zero-order chi connectivity index (χ0) is 21.1. The first-order chi connectivity index (χ1) is 14.0. The summed E-state index contributed by atoms with van der Waals surface area (Å²) in [7, 11) is 3.89. The van der Waals surface area contributed by atoms with Crippen LogP contribution in [0.25, 0.3) is 0 Å². The molecule has 1 aliphatic rings. The van der Waals surface area contributed by atoms with Gasteiger partial charge in [-0.15, -0.1) is 0 Å². The van der Waals surface area contributed by atoms with E-state index in [0.717, 1.165) is 44.2 Å². The third-order valence-electron chi connectivity index (χ3n) is 5.64. The third-order valence-corrected chi connectivity index (χ3v) is 5.64. The van der Waals surface area contributed by atoms with Crippen LogP contribution in [0.2, 0.25) is 0 Å². The van der Waals surface area contributed by atoms with Crippen molar-refractivity contribution < 1.29 is 9.13 Å². The molecule has 2 rings (SSSR count). The van der Waals surface area contributed by atoms with Crippen LogP contribution in [0, 0.1) is 11.2 Å². The maximum absolute atomic E-state index is 14.0. The SMILES string of the molecule is CCNC(=NCc1ccc(F)c(CN(C)C)c1)NCC1(CCOCC)CCCC1. The predicted molar refractivity (Wildman–Crippen MR) is 119 cm³/mol. The highest BCUT2D eigenvalue weighted by molar-refractivity contribution is 5.79. The fraction of sp³-hybridized carbons (Fsp3) is 0.696. The van der Waals surface area contributed by atoms with Gasteiger partial charge in [0.2, 0.25) is 0 Å². The number of rotatable bonds is 11. The monoisotopic (exact) mass is 406 g/mol. The lowest BCUT2D eigenvalue weighted by Crippen LogP contribution is -2.43. The van der Waals surface area contributed by atoms with Gasteiger partial charge >= 0.3 is 0 Å². The molecule has 0 amide bonds. The molecule has 0 spiro atoms. The van der Waals surface area contributed by atoms with Gasteiger partial charge in [-0.2, -0.15) is 0 Å². The minimum atomic E-state index is -0.158. The highest BCUT2D eigenvalue weighted by atomic mass is 19.1. The summed E-state index contributed by atoms with van der Waals surface area (Å²) in [6, 6.07) is 5.29. The van der Waals surface area contributed by atoms with Gasteiger partial charge in [-0.1, -0.05) is 18.9 Å². The fourth-order valence-electron chi connectivity index (χ4n) is 4.04. The number of guanidine groups is 1. The second kappa shape index (κ2) is 12.1. The Bertz CT molecular complexity index is 642. The molecule has 1 aliphatic carbocycles. The van der Waals surface area contributed by atoms with Crippen molar-refractivity contribution in [2.75, 3.05) is 40.4 Å². The smallest absolute Gasteiger partial charge is 0.191 e. The molecule has 29 heavy (non-hydrogen) atoms. The van der Waals surface area contributed by atoms with Crippen molar-refractivity contribution in [3.63, 3.8) is 0 Å². The Hall–Kier alpha value is -1.66. The van der Waals surface area contributed by atoms with Gasteiger partial charge < -0.3 is 20.3 Å². The zero-order valence-electron chi connectivity index (χ0n) is 18.7. The standard InChI is InChI=1S/C23H39FN4O/c1-5-25-22(27-18-23(11-7-8-12-23)13-14-29-6-2)26-16-19-9-10-21(24)20(15-19)17-28(3)4/h9-10,15H,5-8,11-14,16-18H2,1-4H3,(H2,25,26,27). The van der Waals surface area contributed by atoms with E-state index < -0.39 is 0 Å². The van der Waals surface area contributed by atoms with E-state index in [1.807, 2.05) is 31.1 Å². The topological polar surface area (TPSA) is 48.9 Å². The van der Waals surface area contributed by atoms with E-state index in [9.17, 15) is 4.39 Å². The second-order valence-corrected chi connectivity index (χ2v) is 8.37. The Morgan fingerprint density at radius 1 is 1.21 bits per heavy atom. The molecule has 6 heteroatoms. The van der Waals surface area contributed by atoms with E-state index in [-0.39, 0.29) is 5.82 Å². The van der Waals surface area contributed by atoms with E-state index in [2.05, 4.69) is 24.5 Å². The summed E-state index contributed by atoms with van der Waals surface area (Å²) in [5.41, 5.74) is 2.04. The van der Waals surface area contributed by atoms with Crippen molar-refractivity contribution in [2.45, 2.75) is 59.0 Å². The van der Waals surface area contributed by atoms with E-state index in [1.165, 1.54) is 25.7 Å². The van der Waals surface area contributed by atoms with Crippen LogP contribution in [-0.4, -0.2) is 51.3 Å². The average Bonchev–Trinajstić information content (AvgIpc) is 3.15. The number of nitrogens with one attached hydrogen (secondary N) is 2. The number of benzene rings is 1. The van der Waals surface area contributed by atoms with Gasteiger partial charge in [0.25, 0.3) is 0 Å². The molecule has 1 saturated carbocycles. The van der Waals surface area contributed by atoms with Crippen molar-refractivity contribution in [1.29, 1.82) is 0 Å². The quantitative estimate of drug-likeness (QED) is 0.332. The summed E-state index contributed by atoms with van der Waals surface area (Å²) in [5.74, 6) is 0.669. The fourth-order valence-corrected chi connectivity index (χ4v) is 4.04. The molecular weight excluding hydrogens is 367 g/mol. The molecular formula is C23H39FN4O. The highest BCUT2D eigenvalue weighted by Crippen LogP contribution is 2.40. The predicted octanol–water partition coefficient (Wildman–Crippen LogP) is 3.93. The van der Waals surface area contributed by atoms with Crippen LogP contribution >= 0.6 is 0 Å². The molecule has 0 saturated heterocycles. The molecule has 1 fully saturated rings. The summed E-state index contributed by atoms with van der Waals surface area (Å²) < 4.78 is 19.6. The molecule has 0 bridgehead atoms. The maximum atomic E-state index is 14.0. The van der Waals surface area contributed by atoms with Crippen molar-refractivity contribution in [2.24, 2.45) is 10.4 Å². The van der Waals surface area contributed by atoms with Crippen LogP contribution in [0.1, 0.15) is 57.1 Å². The van der Waals surface area contributed by atoms with Gasteiger partial charge in [0, 0.05) is 38.4 Å². The first kappa shape index (κ1) is 23.6. The maximum Gasteiger partial charge on any atom is 0.191 e. The van der Waals surface area contributed by atoms with Gasteiger partial charge in [0.15, 0.2) is 5.96 Å². The highest BCUT2D eigenvalue weighted by Gasteiger charge is 2.33. The molecule has 5 nitrogen and oxygen atoms in total. The number of halogens is 1. The Balaban J connectivity index is 2.00. The summed E-state index contributed by atoms with van der Waals surface area (Å²) in [6.07, 6.45) is 6.19. The molecule has 1 aromatic rings. The zero-order valence-corrected chi connectivity index (χ0v) is 18.7. The minimum absolute atomic E-state index is 0.158. The lowest BCUT2D eigenvalue weighted by atomic mass is 9.83. The molecule has 0 atom stereocenters. The molecule has 164 valence electrons. The number of aliphatic imine (C=N–C) groups is 1. The van der Waals surface area contributed by atoms with Crippen molar-refractivity contribution in [3.05, 3.63) is 35.1 Å². The van der Waals surface area contributed by atoms with Crippen LogP contribution in [0.4, 0.5) is 4.39 Å². The Kier molecular flexibility index (Phi) is 9.88. The van der Waals surface area contributed by atoms with Crippen LogP contribution in [0.5, 0.6) is 0 Å². The van der Waals surface area contributed by atoms with E-state index in [0.29, 0.717) is 24.1 Å². The molecule has 0 radical (unpaired) electrons. The molecule has 2 N–H and O–H groups in total. The van der Waals surface area contributed by atoms with Gasteiger partial charge in [-0.25, -0.2) is 9.38 Å². The van der Waals surface area contributed by atoms with Crippen LogP contribution < -0.4 is 10.6 Å². The van der Waals surface area contributed by atoms with Crippen LogP contribution in [-0.2, 0) is 17.8 Å². The number of ether oxygens (including phenoxy) is 1. The largest absolute Gasteiger partial charge is 0.382 e. The Morgan fingerprint density at radius 2 is 1.97 bits per heavy atom. The molecule has 0 heterocycles. The van der Waals surface area contributed by atoms with Crippen molar-refractivity contribution in [3.8, 4) is 0 Å². The van der Waals surface area contributed by atoms with Gasteiger partial charge in [-0.05, 0) is 70.3 Å². The van der Waals surface area contributed by atoms with E-state index >= 15 is 0 Å². The van der Waals surface area contributed by atoms with Gasteiger partial charge in [0.05, 0.1) is 6.54 Å². The minimum Gasteiger partial charge on any atom is -0.382 e. The summed E-state index contributed by atoms with van der Waals surface area (Å²) in [4.78, 5) is 6.72. The normalized spacial score (nSPS) is 16.4. The third kappa shape index (κ3) is 7.94. The van der Waals surface area contributed by atoms with Crippen LogP contribution in [0.3, 0.4) is 0 Å². The number of hydrogen-bond donors (Lipinski definition) is 2. The lowest BCUT2D eigenvalue weighted by Gasteiger charge is -2.30. The van der Waals surface area contributed by atoms with Crippen LogP contribution in [0.15, 0.2) is 23.2 Å². The molecule has 0 unspecified atom stereocenters. The van der Waals surface area contributed by atoms with E-state index in [1.54, 1.807) is 6.07 Å². The van der Waals surface area contributed by atoms with Crippen molar-refractivity contribution in [1.82, 2.24) is 15.5 Å². The Labute approximate surface area is 176 Å². The first-order valence-corrected chi connectivity index (χ1v) is 11.0. The van der Waals surface area contributed by atoms with Crippen molar-refractivity contribution >= 4 is 5.96 Å². The van der Waals surface area contributed by atoms with Gasteiger partial charge in [-0.3, -0.25) is 0 Å². The Morgan fingerprint density at radius 3 is 2.62 bits per heavy atom. The summed E-state index contributed by atoms with van der Waals surface area (Å²) >= 11 is 0. The first-order valence-electron chi connectivity index (χ1n) is 11.0. The second-order valence-electron chi connectivity index (χ2n) is 8.37. The molecule has 1 aromatic carbocycles. The molecule has 0 aromatic heterocycles. The number of hydrogen-bond acceptors (Lipinski definition) is 3. The lowest BCUT2D eigenvalue weighted by molar-refractivity contribution is 0.105. The summed E-state index contributed by atoms with van der Waals surface area (Å²) in [6.45, 7) is 8.58. The average molecular weight is 407 g/mol. The molecule has 0 aliphatic heterocycles. The van der Waals surface area contributed by atoms with Gasteiger partial charge in [0.1, 0.15) is 5.82 Å². The summed E-state index contributed by atoms with van der Waals surface area (Å²) in [5, 5.41) is 6.90. The number of nitrogens with zero attached hydrogens (tertiary/aromatic N) is 2. The van der Waals surface area contributed by atoms with E-state index in [4.69, 9.17) is 9.73 Å².